The number of hydrogen-bond acceptors (Lipinski definition) is 2. The van der Waals surface area contributed by atoms with Gasteiger partial charge in [0.15, 0.2) is 0 Å². The molecule has 0 aliphatic heterocycles. The summed E-state index contributed by atoms with van der Waals surface area (Å²) >= 11 is 5.19. The van der Waals surface area contributed by atoms with Gasteiger partial charge in [-0.05, 0) is 24.8 Å². The maximum absolute atomic E-state index is 12.2. The van der Waals surface area contributed by atoms with Crippen molar-refractivity contribution >= 4 is 23.1 Å². The van der Waals surface area contributed by atoms with Crippen LogP contribution in [0.1, 0.15) is 44.1 Å². The molecule has 1 fully saturated rings. The number of nitrogens with one attached hydrogen (secondary N) is 1. The predicted molar refractivity (Wildman–Crippen MR) is 85.5 cm³/mol. The minimum absolute atomic E-state index is 0.0450. The first kappa shape index (κ1) is 15.0. The van der Waals surface area contributed by atoms with E-state index in [0.29, 0.717) is 11.4 Å². The van der Waals surface area contributed by atoms with Crippen LogP contribution < -0.4 is 11.1 Å². The molecule has 1 aromatic carbocycles. The van der Waals surface area contributed by atoms with Crippen molar-refractivity contribution in [2.45, 2.75) is 50.5 Å². The molecular weight excluding hydrogens is 268 g/mol. The highest BCUT2D eigenvalue weighted by atomic mass is 32.1. The van der Waals surface area contributed by atoms with Crippen LogP contribution in [-0.4, -0.2) is 16.4 Å². The SMILES string of the molecule is NC(=S)C1(NC(=O)CCc2ccccc2)CCCCC1. The van der Waals surface area contributed by atoms with E-state index in [-0.39, 0.29) is 5.91 Å². The average Bonchev–Trinajstić information content (AvgIpc) is 2.47. The van der Waals surface area contributed by atoms with E-state index in [1.54, 1.807) is 0 Å². The molecule has 108 valence electrons. The van der Waals surface area contributed by atoms with E-state index in [2.05, 4.69) is 5.32 Å². The largest absolute Gasteiger partial charge is 0.391 e. The van der Waals surface area contributed by atoms with E-state index in [4.69, 9.17) is 18.0 Å². The summed E-state index contributed by atoms with van der Waals surface area (Å²) in [6.07, 6.45) is 6.34. The molecule has 1 aliphatic rings. The highest BCUT2D eigenvalue weighted by Gasteiger charge is 2.36. The first-order valence-corrected chi connectivity index (χ1v) is 7.68. The fraction of sp³-hybridized carbons (Fsp3) is 0.500. The summed E-state index contributed by atoms with van der Waals surface area (Å²) in [7, 11) is 0. The van der Waals surface area contributed by atoms with Crippen LogP contribution in [0.3, 0.4) is 0 Å². The number of carbonyl (C=O) groups excluding carboxylic acids is 1. The van der Waals surface area contributed by atoms with Gasteiger partial charge < -0.3 is 11.1 Å². The lowest BCUT2D eigenvalue weighted by Gasteiger charge is -2.37. The summed E-state index contributed by atoms with van der Waals surface area (Å²) in [5.74, 6) is 0.0450. The fourth-order valence-electron chi connectivity index (χ4n) is 2.82. The Bertz CT molecular complexity index is 467. The minimum atomic E-state index is -0.443. The van der Waals surface area contributed by atoms with Gasteiger partial charge in [0, 0.05) is 6.42 Å². The lowest BCUT2D eigenvalue weighted by molar-refractivity contribution is -0.122. The Kier molecular flexibility index (Phi) is 5.12. The molecule has 20 heavy (non-hydrogen) atoms. The average molecular weight is 290 g/mol. The van der Waals surface area contributed by atoms with Crippen molar-refractivity contribution in [3.63, 3.8) is 0 Å². The molecule has 4 heteroatoms. The Balaban J connectivity index is 1.90. The molecule has 1 aromatic rings. The topological polar surface area (TPSA) is 55.1 Å². The lowest BCUT2D eigenvalue weighted by atomic mass is 9.81. The smallest absolute Gasteiger partial charge is 0.221 e. The molecule has 0 atom stereocenters. The zero-order valence-corrected chi connectivity index (χ0v) is 12.5. The predicted octanol–water partition coefficient (Wildman–Crippen LogP) is 2.72. The van der Waals surface area contributed by atoms with E-state index in [1.165, 1.54) is 12.0 Å². The van der Waals surface area contributed by atoms with Crippen LogP contribution in [-0.2, 0) is 11.2 Å². The van der Waals surface area contributed by atoms with Crippen LogP contribution in [0.5, 0.6) is 0 Å². The Labute approximate surface area is 125 Å². The maximum atomic E-state index is 12.2. The molecule has 1 saturated carbocycles. The fourth-order valence-corrected chi connectivity index (χ4v) is 3.08. The van der Waals surface area contributed by atoms with E-state index < -0.39 is 5.54 Å². The molecule has 0 unspecified atom stereocenters. The molecule has 3 nitrogen and oxygen atoms in total. The molecule has 0 heterocycles. The number of hydrogen-bond donors (Lipinski definition) is 2. The molecule has 2 rings (SSSR count). The van der Waals surface area contributed by atoms with Crippen molar-refractivity contribution < 1.29 is 4.79 Å². The third-order valence-corrected chi connectivity index (χ3v) is 4.43. The highest BCUT2D eigenvalue weighted by Crippen LogP contribution is 2.28. The maximum Gasteiger partial charge on any atom is 0.221 e. The highest BCUT2D eigenvalue weighted by molar-refractivity contribution is 7.80. The van der Waals surface area contributed by atoms with Crippen molar-refractivity contribution in [3.8, 4) is 0 Å². The van der Waals surface area contributed by atoms with Gasteiger partial charge in [0.05, 0.1) is 10.5 Å². The van der Waals surface area contributed by atoms with E-state index in [0.717, 1.165) is 32.1 Å². The summed E-state index contributed by atoms with van der Waals surface area (Å²) in [6.45, 7) is 0. The molecule has 0 spiro atoms. The zero-order chi connectivity index (χ0) is 14.4. The van der Waals surface area contributed by atoms with Gasteiger partial charge >= 0.3 is 0 Å². The van der Waals surface area contributed by atoms with Gasteiger partial charge in [-0.2, -0.15) is 0 Å². The van der Waals surface area contributed by atoms with E-state index in [1.807, 2.05) is 30.3 Å². The van der Waals surface area contributed by atoms with Gasteiger partial charge in [0.2, 0.25) is 5.91 Å². The molecule has 0 bridgehead atoms. The second-order valence-electron chi connectivity index (χ2n) is 5.54. The van der Waals surface area contributed by atoms with Crippen molar-refractivity contribution in [1.29, 1.82) is 0 Å². The van der Waals surface area contributed by atoms with Crippen LogP contribution in [0.4, 0.5) is 0 Å². The molecule has 0 radical (unpaired) electrons. The van der Waals surface area contributed by atoms with Crippen LogP contribution in [0.15, 0.2) is 30.3 Å². The number of aryl methyl sites for hydroxylation is 1. The van der Waals surface area contributed by atoms with Crippen LogP contribution >= 0.6 is 12.2 Å². The summed E-state index contributed by atoms with van der Waals surface area (Å²) < 4.78 is 0. The van der Waals surface area contributed by atoms with Crippen molar-refractivity contribution in [2.24, 2.45) is 5.73 Å². The lowest BCUT2D eigenvalue weighted by Crippen LogP contribution is -2.57. The number of amides is 1. The summed E-state index contributed by atoms with van der Waals surface area (Å²) in [5, 5.41) is 3.10. The zero-order valence-electron chi connectivity index (χ0n) is 11.7. The Morgan fingerprint density at radius 1 is 1.20 bits per heavy atom. The third kappa shape index (κ3) is 3.79. The van der Waals surface area contributed by atoms with Crippen molar-refractivity contribution in [1.82, 2.24) is 5.32 Å². The van der Waals surface area contributed by atoms with Gasteiger partial charge in [-0.3, -0.25) is 4.79 Å². The number of carbonyl (C=O) groups is 1. The summed E-state index contributed by atoms with van der Waals surface area (Å²) in [4.78, 5) is 12.6. The minimum Gasteiger partial charge on any atom is -0.391 e. The van der Waals surface area contributed by atoms with Gasteiger partial charge in [0.25, 0.3) is 0 Å². The first-order chi connectivity index (χ1) is 9.62. The normalized spacial score (nSPS) is 17.4. The summed E-state index contributed by atoms with van der Waals surface area (Å²) in [5.41, 5.74) is 6.61. The van der Waals surface area contributed by atoms with Crippen LogP contribution in [0.2, 0.25) is 0 Å². The monoisotopic (exact) mass is 290 g/mol. The third-order valence-electron chi connectivity index (χ3n) is 4.04. The molecule has 1 aliphatic carbocycles. The van der Waals surface area contributed by atoms with Gasteiger partial charge in [-0.15, -0.1) is 0 Å². The van der Waals surface area contributed by atoms with Crippen molar-refractivity contribution in [2.75, 3.05) is 0 Å². The molecule has 1 amide bonds. The standard InChI is InChI=1S/C16H22N2OS/c17-15(20)16(11-5-2-6-12-16)18-14(19)10-9-13-7-3-1-4-8-13/h1,3-4,7-8H,2,5-6,9-12H2,(H2,17,20)(H,18,19). The van der Waals surface area contributed by atoms with Gasteiger partial charge in [-0.25, -0.2) is 0 Å². The van der Waals surface area contributed by atoms with E-state index in [9.17, 15) is 4.79 Å². The second-order valence-corrected chi connectivity index (χ2v) is 5.98. The van der Waals surface area contributed by atoms with Gasteiger partial charge in [0.1, 0.15) is 0 Å². The molecular formula is C16H22N2OS. The Morgan fingerprint density at radius 2 is 1.85 bits per heavy atom. The van der Waals surface area contributed by atoms with Crippen molar-refractivity contribution in [3.05, 3.63) is 35.9 Å². The van der Waals surface area contributed by atoms with Gasteiger partial charge in [-0.1, -0.05) is 61.8 Å². The molecule has 3 N–H and O–H groups in total. The Morgan fingerprint density at radius 3 is 2.45 bits per heavy atom. The first-order valence-electron chi connectivity index (χ1n) is 7.27. The molecule has 0 aromatic heterocycles. The number of nitrogens with two attached hydrogens (primary N) is 1. The molecule has 0 saturated heterocycles. The van der Waals surface area contributed by atoms with Crippen LogP contribution in [0.25, 0.3) is 0 Å². The van der Waals surface area contributed by atoms with E-state index >= 15 is 0 Å². The number of thiocarbonyl (C=S) groups is 1. The second kappa shape index (κ2) is 6.84. The number of rotatable bonds is 5. The summed E-state index contributed by atoms with van der Waals surface area (Å²) in [6, 6.07) is 10.0. The number of benzene rings is 1. The quantitative estimate of drug-likeness (QED) is 0.820. The Hall–Kier alpha value is -1.42. The van der Waals surface area contributed by atoms with Crippen LogP contribution in [0, 0.1) is 0 Å².